The second-order valence-electron chi connectivity index (χ2n) is 6.25. The number of nitrogens with one attached hydrogen (secondary N) is 1. The average molecular weight is 385 g/mol. The first-order valence-electron chi connectivity index (χ1n) is 9.05. The van der Waals surface area contributed by atoms with Crippen molar-refractivity contribution < 1.29 is 28.5 Å². The Balaban J connectivity index is 1.49. The zero-order valence-electron chi connectivity index (χ0n) is 15.9. The minimum absolute atomic E-state index is 0.0316. The lowest BCUT2D eigenvalue weighted by Crippen LogP contribution is -2.16. The highest BCUT2D eigenvalue weighted by Crippen LogP contribution is 2.31. The van der Waals surface area contributed by atoms with Gasteiger partial charge in [0.15, 0.2) is 28.8 Å². The topological polar surface area (TPSA) is 83.1 Å². The highest BCUT2D eigenvalue weighted by atomic mass is 16.6. The highest BCUT2D eigenvalue weighted by Gasteiger charge is 2.15. The first-order valence-corrected chi connectivity index (χ1v) is 9.05. The number of ketones is 1. The van der Waals surface area contributed by atoms with Gasteiger partial charge < -0.3 is 24.3 Å². The Morgan fingerprint density at radius 3 is 2.43 bits per heavy atom. The van der Waals surface area contributed by atoms with Crippen molar-refractivity contribution in [2.45, 2.75) is 19.3 Å². The van der Waals surface area contributed by atoms with E-state index in [-0.39, 0.29) is 24.5 Å². The molecule has 2 aromatic rings. The summed E-state index contributed by atoms with van der Waals surface area (Å²) in [5, 5.41) is 2.80. The van der Waals surface area contributed by atoms with Crippen LogP contribution in [0.2, 0.25) is 0 Å². The maximum Gasteiger partial charge on any atom is 0.224 e. The lowest BCUT2D eigenvalue weighted by atomic mass is 10.0. The Bertz CT molecular complexity index is 864. The number of benzene rings is 2. The summed E-state index contributed by atoms with van der Waals surface area (Å²) in [5.74, 6) is 2.16. The molecule has 0 aromatic heterocycles. The van der Waals surface area contributed by atoms with Gasteiger partial charge in [0.2, 0.25) is 5.91 Å². The van der Waals surface area contributed by atoms with Crippen LogP contribution in [0.25, 0.3) is 0 Å². The summed E-state index contributed by atoms with van der Waals surface area (Å²) < 4.78 is 21.3. The van der Waals surface area contributed by atoms with Crippen molar-refractivity contribution in [1.29, 1.82) is 0 Å². The molecule has 0 saturated heterocycles. The van der Waals surface area contributed by atoms with Crippen LogP contribution in [0.3, 0.4) is 0 Å². The molecule has 0 fully saturated rings. The molecular weight excluding hydrogens is 362 g/mol. The third-order valence-electron chi connectivity index (χ3n) is 4.34. The number of amides is 1. The molecule has 0 bridgehead atoms. The van der Waals surface area contributed by atoms with Crippen molar-refractivity contribution in [2.75, 3.05) is 32.8 Å². The van der Waals surface area contributed by atoms with Gasteiger partial charge in [-0.1, -0.05) is 0 Å². The van der Waals surface area contributed by atoms with Crippen molar-refractivity contribution >= 4 is 17.4 Å². The van der Waals surface area contributed by atoms with Gasteiger partial charge in [-0.15, -0.1) is 0 Å². The molecule has 7 nitrogen and oxygen atoms in total. The van der Waals surface area contributed by atoms with Gasteiger partial charge in [-0.3, -0.25) is 9.59 Å². The monoisotopic (exact) mass is 385 g/mol. The standard InChI is InChI=1S/C21H23NO6/c1-25-17-9-7-15(13-19(17)26-2)22-21(24)5-3-4-16(23)14-6-8-18-20(12-14)28-11-10-27-18/h6-9,12-13H,3-5,10-11H2,1-2H3,(H,22,24). The summed E-state index contributed by atoms with van der Waals surface area (Å²) in [6.45, 7) is 0.983. The minimum atomic E-state index is -0.165. The molecule has 1 heterocycles. The molecule has 1 aliphatic rings. The van der Waals surface area contributed by atoms with Crippen molar-refractivity contribution in [3.05, 3.63) is 42.0 Å². The molecule has 3 rings (SSSR count). The number of ether oxygens (including phenoxy) is 4. The fourth-order valence-corrected chi connectivity index (χ4v) is 2.91. The Labute approximate surface area is 163 Å². The molecule has 0 spiro atoms. The van der Waals surface area contributed by atoms with Gasteiger partial charge in [0.1, 0.15) is 13.2 Å². The van der Waals surface area contributed by atoms with Crippen LogP contribution in [0.5, 0.6) is 23.0 Å². The van der Waals surface area contributed by atoms with E-state index in [2.05, 4.69) is 5.32 Å². The predicted molar refractivity (Wildman–Crippen MR) is 104 cm³/mol. The first kappa shape index (κ1) is 19.5. The summed E-state index contributed by atoms with van der Waals surface area (Å²) in [4.78, 5) is 24.5. The van der Waals surface area contributed by atoms with Crippen molar-refractivity contribution in [3.63, 3.8) is 0 Å². The molecule has 0 unspecified atom stereocenters. The summed E-state index contributed by atoms with van der Waals surface area (Å²) in [7, 11) is 3.09. The van der Waals surface area contributed by atoms with Crippen LogP contribution in [0.1, 0.15) is 29.6 Å². The Hall–Kier alpha value is -3.22. The van der Waals surface area contributed by atoms with Crippen LogP contribution >= 0.6 is 0 Å². The van der Waals surface area contributed by atoms with Crippen LogP contribution in [0.15, 0.2) is 36.4 Å². The van der Waals surface area contributed by atoms with Crippen molar-refractivity contribution in [2.24, 2.45) is 0 Å². The van der Waals surface area contributed by atoms with E-state index in [1.807, 2.05) is 0 Å². The zero-order chi connectivity index (χ0) is 19.9. The third-order valence-corrected chi connectivity index (χ3v) is 4.34. The highest BCUT2D eigenvalue weighted by molar-refractivity contribution is 5.97. The van der Waals surface area contributed by atoms with Gasteiger partial charge in [-0.2, -0.15) is 0 Å². The van der Waals surface area contributed by atoms with Crippen LogP contribution in [0.4, 0.5) is 5.69 Å². The average Bonchev–Trinajstić information content (AvgIpc) is 2.73. The van der Waals surface area contributed by atoms with E-state index in [4.69, 9.17) is 18.9 Å². The molecule has 0 aliphatic carbocycles. The van der Waals surface area contributed by atoms with Crippen molar-refractivity contribution in [1.82, 2.24) is 0 Å². The molecule has 7 heteroatoms. The van der Waals surface area contributed by atoms with Crippen molar-refractivity contribution in [3.8, 4) is 23.0 Å². The first-order chi connectivity index (χ1) is 13.6. The van der Waals surface area contributed by atoms with Gasteiger partial charge in [-0.25, -0.2) is 0 Å². The van der Waals surface area contributed by atoms with E-state index in [0.717, 1.165) is 0 Å². The van der Waals surface area contributed by atoms with Crippen LogP contribution < -0.4 is 24.3 Å². The Morgan fingerprint density at radius 2 is 1.68 bits per heavy atom. The number of carbonyl (C=O) groups is 2. The fourth-order valence-electron chi connectivity index (χ4n) is 2.91. The minimum Gasteiger partial charge on any atom is -0.493 e. The summed E-state index contributed by atoms with van der Waals surface area (Å²) in [6, 6.07) is 10.3. The molecule has 1 amide bonds. The van der Waals surface area contributed by atoms with Gasteiger partial charge in [0.25, 0.3) is 0 Å². The quantitative estimate of drug-likeness (QED) is 0.701. The number of anilines is 1. The number of methoxy groups -OCH3 is 2. The summed E-state index contributed by atoms with van der Waals surface area (Å²) >= 11 is 0. The fraction of sp³-hybridized carbons (Fsp3) is 0.333. The molecule has 1 N–H and O–H groups in total. The van der Waals surface area contributed by atoms with Gasteiger partial charge in [-0.05, 0) is 36.8 Å². The lowest BCUT2D eigenvalue weighted by molar-refractivity contribution is -0.116. The molecule has 0 radical (unpaired) electrons. The number of fused-ring (bicyclic) bond motifs is 1. The summed E-state index contributed by atoms with van der Waals surface area (Å²) in [6.07, 6.45) is 0.968. The maximum atomic E-state index is 12.4. The van der Waals surface area contributed by atoms with E-state index in [0.29, 0.717) is 53.9 Å². The van der Waals surface area contributed by atoms with Crippen LogP contribution in [-0.2, 0) is 4.79 Å². The van der Waals surface area contributed by atoms with E-state index in [9.17, 15) is 9.59 Å². The Morgan fingerprint density at radius 1 is 0.929 bits per heavy atom. The molecule has 28 heavy (non-hydrogen) atoms. The second-order valence-corrected chi connectivity index (χ2v) is 6.25. The number of carbonyl (C=O) groups excluding carboxylic acids is 2. The molecule has 0 atom stereocenters. The van der Waals surface area contributed by atoms with Crippen LogP contribution in [0, 0.1) is 0 Å². The number of Topliss-reactive ketones (excluding diaryl/α,β-unsaturated/α-hetero) is 1. The van der Waals surface area contributed by atoms with Gasteiger partial charge in [0, 0.05) is 30.2 Å². The maximum absolute atomic E-state index is 12.4. The van der Waals surface area contributed by atoms with Gasteiger partial charge in [0.05, 0.1) is 14.2 Å². The molecule has 148 valence electrons. The Kier molecular flexibility index (Phi) is 6.37. The SMILES string of the molecule is COc1ccc(NC(=O)CCCC(=O)c2ccc3c(c2)OCCO3)cc1OC. The molecule has 0 saturated carbocycles. The number of hydrogen-bond donors (Lipinski definition) is 1. The largest absolute Gasteiger partial charge is 0.493 e. The van der Waals surface area contributed by atoms with Gasteiger partial charge >= 0.3 is 0 Å². The predicted octanol–water partition coefficient (Wildman–Crippen LogP) is 3.47. The zero-order valence-corrected chi connectivity index (χ0v) is 15.9. The molecular formula is C21H23NO6. The number of hydrogen-bond acceptors (Lipinski definition) is 6. The van der Waals surface area contributed by atoms with E-state index in [1.54, 1.807) is 43.5 Å². The normalized spacial score (nSPS) is 12.2. The smallest absolute Gasteiger partial charge is 0.224 e. The van der Waals surface area contributed by atoms with E-state index < -0.39 is 0 Å². The number of rotatable bonds is 8. The molecule has 1 aliphatic heterocycles. The van der Waals surface area contributed by atoms with E-state index in [1.165, 1.54) is 7.11 Å². The second kappa shape index (κ2) is 9.12. The molecule has 2 aromatic carbocycles. The summed E-state index contributed by atoms with van der Waals surface area (Å²) in [5.41, 5.74) is 1.17. The third kappa shape index (κ3) is 4.73. The van der Waals surface area contributed by atoms with E-state index >= 15 is 0 Å². The van der Waals surface area contributed by atoms with Crippen LogP contribution in [-0.4, -0.2) is 39.1 Å². The lowest BCUT2D eigenvalue weighted by Gasteiger charge is -2.18.